The molecular weight excluding hydrogens is 290 g/mol. The van der Waals surface area contributed by atoms with Crippen LogP contribution in [0.2, 0.25) is 0 Å². The molecule has 0 aliphatic carbocycles. The molecule has 1 aromatic carbocycles. The number of fused-ring (bicyclic) bond motifs is 1. The van der Waals surface area contributed by atoms with Crippen LogP contribution >= 0.6 is 0 Å². The second kappa shape index (κ2) is 6.99. The summed E-state index contributed by atoms with van der Waals surface area (Å²) in [7, 11) is 0. The fraction of sp³-hybridized carbons (Fsp3) is 0.611. The molecule has 2 aliphatic rings. The van der Waals surface area contributed by atoms with E-state index in [9.17, 15) is 0 Å². The number of likely N-dealkylation sites (tertiary alicyclic amines) is 1. The first kappa shape index (κ1) is 15.1. The van der Waals surface area contributed by atoms with Gasteiger partial charge in [-0.05, 0) is 31.7 Å². The molecule has 0 radical (unpaired) electrons. The number of para-hydroxylation sites is 1. The van der Waals surface area contributed by atoms with Gasteiger partial charge in [0.1, 0.15) is 0 Å². The standard InChI is InChI=1S/C18H25N3O2/c1-2-6-17-15(5-1)13-19-21(17)16-8-9-20(14-16)10-12-23-18-7-3-4-11-22-18/h1-2,5-6,13,16,18H,3-4,7-12,14H2/t16-,18-/m0/s1. The molecule has 3 heterocycles. The zero-order valence-corrected chi connectivity index (χ0v) is 13.6. The lowest BCUT2D eigenvalue weighted by molar-refractivity contribution is -0.163. The Morgan fingerprint density at radius 3 is 3.09 bits per heavy atom. The molecule has 0 N–H and O–H groups in total. The highest BCUT2D eigenvalue weighted by Gasteiger charge is 2.25. The van der Waals surface area contributed by atoms with Gasteiger partial charge in [-0.2, -0.15) is 5.10 Å². The highest BCUT2D eigenvalue weighted by Crippen LogP contribution is 2.25. The van der Waals surface area contributed by atoms with Gasteiger partial charge < -0.3 is 9.47 Å². The van der Waals surface area contributed by atoms with E-state index in [0.717, 1.165) is 45.7 Å². The Hall–Kier alpha value is -1.43. The van der Waals surface area contributed by atoms with Crippen LogP contribution in [0.25, 0.3) is 10.9 Å². The number of rotatable bonds is 5. The van der Waals surface area contributed by atoms with Gasteiger partial charge in [0.05, 0.1) is 24.4 Å². The van der Waals surface area contributed by atoms with Crippen molar-refractivity contribution in [1.82, 2.24) is 14.7 Å². The molecule has 4 rings (SSSR count). The van der Waals surface area contributed by atoms with Gasteiger partial charge in [-0.3, -0.25) is 9.58 Å². The number of aromatic nitrogens is 2. The van der Waals surface area contributed by atoms with Gasteiger partial charge in [0.25, 0.3) is 0 Å². The Balaban J connectivity index is 1.29. The van der Waals surface area contributed by atoms with E-state index in [2.05, 4.69) is 38.9 Å². The smallest absolute Gasteiger partial charge is 0.157 e. The number of hydrogen-bond acceptors (Lipinski definition) is 4. The topological polar surface area (TPSA) is 39.5 Å². The van der Waals surface area contributed by atoms with Gasteiger partial charge in [-0.1, -0.05) is 18.2 Å². The molecule has 1 aromatic heterocycles. The van der Waals surface area contributed by atoms with E-state index in [0.29, 0.717) is 6.04 Å². The first-order chi connectivity index (χ1) is 11.4. The Bertz CT molecular complexity index is 636. The maximum atomic E-state index is 5.85. The summed E-state index contributed by atoms with van der Waals surface area (Å²) in [6.07, 6.45) is 6.60. The predicted molar refractivity (Wildman–Crippen MR) is 89.4 cm³/mol. The van der Waals surface area contributed by atoms with Crippen LogP contribution in [-0.4, -0.2) is 53.8 Å². The minimum Gasteiger partial charge on any atom is -0.353 e. The van der Waals surface area contributed by atoms with Crippen LogP contribution < -0.4 is 0 Å². The zero-order valence-electron chi connectivity index (χ0n) is 13.6. The van der Waals surface area contributed by atoms with Gasteiger partial charge in [0.15, 0.2) is 6.29 Å². The van der Waals surface area contributed by atoms with Crippen molar-refractivity contribution in [2.45, 2.75) is 38.0 Å². The minimum absolute atomic E-state index is 0.0252. The molecule has 0 amide bonds. The molecule has 2 atom stereocenters. The molecule has 2 saturated heterocycles. The van der Waals surface area contributed by atoms with E-state index in [1.165, 1.54) is 23.7 Å². The van der Waals surface area contributed by atoms with Crippen LogP contribution in [0, 0.1) is 0 Å². The number of nitrogens with zero attached hydrogens (tertiary/aromatic N) is 3. The molecule has 5 nitrogen and oxygen atoms in total. The molecule has 2 aliphatic heterocycles. The van der Waals surface area contributed by atoms with Crippen LogP contribution in [0.3, 0.4) is 0 Å². The number of hydrogen-bond donors (Lipinski definition) is 0. The zero-order chi connectivity index (χ0) is 15.5. The van der Waals surface area contributed by atoms with Crippen LogP contribution in [-0.2, 0) is 9.47 Å². The number of ether oxygens (including phenoxy) is 2. The van der Waals surface area contributed by atoms with E-state index < -0.39 is 0 Å². The van der Waals surface area contributed by atoms with Crippen LogP contribution in [0.15, 0.2) is 30.5 Å². The molecule has 0 saturated carbocycles. The fourth-order valence-electron chi connectivity index (χ4n) is 3.65. The van der Waals surface area contributed by atoms with Crippen molar-refractivity contribution in [2.24, 2.45) is 0 Å². The van der Waals surface area contributed by atoms with Crippen molar-refractivity contribution in [3.63, 3.8) is 0 Å². The molecule has 2 aromatic rings. The van der Waals surface area contributed by atoms with Crippen molar-refractivity contribution >= 4 is 10.9 Å². The number of benzene rings is 1. The molecule has 5 heteroatoms. The Morgan fingerprint density at radius 2 is 2.17 bits per heavy atom. The van der Waals surface area contributed by atoms with Crippen molar-refractivity contribution in [3.8, 4) is 0 Å². The maximum Gasteiger partial charge on any atom is 0.157 e. The van der Waals surface area contributed by atoms with Crippen LogP contribution in [0.4, 0.5) is 0 Å². The second-order valence-corrected chi connectivity index (χ2v) is 6.56. The molecule has 0 unspecified atom stereocenters. The van der Waals surface area contributed by atoms with Crippen molar-refractivity contribution in [2.75, 3.05) is 32.8 Å². The lowest BCUT2D eigenvalue weighted by Gasteiger charge is -2.24. The third-order valence-electron chi connectivity index (χ3n) is 4.95. The quantitative estimate of drug-likeness (QED) is 0.850. The summed E-state index contributed by atoms with van der Waals surface area (Å²) in [6.45, 7) is 4.77. The SMILES string of the molecule is c1ccc2c(c1)cnn2[C@H]1CCN(CCO[C@H]2CCCCO2)C1. The first-order valence-electron chi connectivity index (χ1n) is 8.78. The van der Waals surface area contributed by atoms with Gasteiger partial charge in [0, 0.05) is 31.6 Å². The van der Waals surface area contributed by atoms with E-state index >= 15 is 0 Å². The van der Waals surface area contributed by atoms with Gasteiger partial charge in [-0.15, -0.1) is 0 Å². The largest absolute Gasteiger partial charge is 0.353 e. The highest BCUT2D eigenvalue weighted by molar-refractivity contribution is 5.78. The summed E-state index contributed by atoms with van der Waals surface area (Å²) in [5.74, 6) is 0. The molecule has 0 spiro atoms. The summed E-state index contributed by atoms with van der Waals surface area (Å²) in [4.78, 5) is 2.48. The molecule has 124 valence electrons. The monoisotopic (exact) mass is 315 g/mol. The third-order valence-corrected chi connectivity index (χ3v) is 4.95. The summed E-state index contributed by atoms with van der Waals surface area (Å²) >= 11 is 0. The first-order valence-corrected chi connectivity index (χ1v) is 8.78. The normalized spacial score (nSPS) is 26.1. The van der Waals surface area contributed by atoms with Gasteiger partial charge in [-0.25, -0.2) is 0 Å². The van der Waals surface area contributed by atoms with Crippen LogP contribution in [0.1, 0.15) is 31.7 Å². The van der Waals surface area contributed by atoms with E-state index in [1.807, 2.05) is 6.20 Å². The van der Waals surface area contributed by atoms with Crippen molar-refractivity contribution < 1.29 is 9.47 Å². The summed E-state index contributed by atoms with van der Waals surface area (Å²) in [5, 5.41) is 5.83. The lowest BCUT2D eigenvalue weighted by Crippen LogP contribution is -2.29. The maximum absolute atomic E-state index is 5.85. The summed E-state index contributed by atoms with van der Waals surface area (Å²) in [6, 6.07) is 8.92. The van der Waals surface area contributed by atoms with Crippen molar-refractivity contribution in [3.05, 3.63) is 30.5 Å². The van der Waals surface area contributed by atoms with Gasteiger partial charge >= 0.3 is 0 Å². The second-order valence-electron chi connectivity index (χ2n) is 6.56. The fourth-order valence-corrected chi connectivity index (χ4v) is 3.65. The van der Waals surface area contributed by atoms with Gasteiger partial charge in [0.2, 0.25) is 0 Å². The molecule has 2 fully saturated rings. The van der Waals surface area contributed by atoms with E-state index in [1.54, 1.807) is 0 Å². The average Bonchev–Trinajstić information content (AvgIpc) is 3.22. The summed E-state index contributed by atoms with van der Waals surface area (Å²) in [5.41, 5.74) is 1.24. The molecule has 0 bridgehead atoms. The lowest BCUT2D eigenvalue weighted by atomic mass is 10.2. The van der Waals surface area contributed by atoms with E-state index in [4.69, 9.17) is 9.47 Å². The van der Waals surface area contributed by atoms with Crippen molar-refractivity contribution in [1.29, 1.82) is 0 Å². The van der Waals surface area contributed by atoms with E-state index in [-0.39, 0.29) is 6.29 Å². The van der Waals surface area contributed by atoms with Crippen LogP contribution in [0.5, 0.6) is 0 Å². The predicted octanol–water partition coefficient (Wildman–Crippen LogP) is 2.83. The molecular formula is C18H25N3O2. The Labute approximate surface area is 137 Å². The highest BCUT2D eigenvalue weighted by atomic mass is 16.7. The molecule has 23 heavy (non-hydrogen) atoms. The Kier molecular flexibility index (Phi) is 4.60. The third kappa shape index (κ3) is 3.42. The minimum atomic E-state index is 0.0252. The average molecular weight is 315 g/mol. The Morgan fingerprint density at radius 1 is 1.22 bits per heavy atom. The summed E-state index contributed by atoms with van der Waals surface area (Å²) < 4.78 is 13.7.